The second-order valence-electron chi connectivity index (χ2n) is 5.91. The number of hydrogen-bond donors (Lipinski definition) is 1. The van der Waals surface area contributed by atoms with Gasteiger partial charge in [0.2, 0.25) is 0 Å². The van der Waals surface area contributed by atoms with Gasteiger partial charge in [0.15, 0.2) is 0 Å². The first-order chi connectivity index (χ1) is 9.02. The van der Waals surface area contributed by atoms with Gasteiger partial charge in [-0.05, 0) is 51.0 Å². The van der Waals surface area contributed by atoms with Gasteiger partial charge in [-0.3, -0.25) is 4.79 Å². The maximum Gasteiger partial charge on any atom is 0.150 e. The topological polar surface area (TPSA) is 24.8 Å². The monoisotopic (exact) mass is 261 g/mol. The average molecular weight is 261 g/mol. The molecule has 1 N–H and O–H groups in total. The van der Waals surface area contributed by atoms with E-state index in [1.54, 1.807) is 4.90 Å². The van der Waals surface area contributed by atoms with E-state index in [-0.39, 0.29) is 0 Å². The lowest BCUT2D eigenvalue weighted by molar-refractivity contribution is -0.921. The number of quaternary nitrogens is 1. The molecule has 0 saturated carbocycles. The fourth-order valence-electron chi connectivity index (χ4n) is 2.90. The highest BCUT2D eigenvalue weighted by Crippen LogP contribution is 2.23. The van der Waals surface area contributed by atoms with Crippen molar-refractivity contribution in [3.05, 3.63) is 28.8 Å². The number of carbonyl (C=O) groups is 1. The molecule has 104 valence electrons. The lowest BCUT2D eigenvalue weighted by Gasteiger charge is -2.36. The van der Waals surface area contributed by atoms with Crippen LogP contribution in [0.4, 0.5) is 5.69 Å². The van der Waals surface area contributed by atoms with Gasteiger partial charge in [-0.15, -0.1) is 0 Å². The Hall–Kier alpha value is -1.35. The van der Waals surface area contributed by atoms with Crippen LogP contribution in [0.2, 0.25) is 0 Å². The molecule has 0 aliphatic carbocycles. The summed E-state index contributed by atoms with van der Waals surface area (Å²) < 4.78 is 0. The predicted molar refractivity (Wildman–Crippen MR) is 79.3 cm³/mol. The highest BCUT2D eigenvalue weighted by Gasteiger charge is 2.23. The lowest BCUT2D eigenvalue weighted by atomic mass is 10.0. The fourth-order valence-corrected chi connectivity index (χ4v) is 2.90. The molecular weight excluding hydrogens is 236 g/mol. The normalized spacial score (nSPS) is 17.0. The highest BCUT2D eigenvalue weighted by molar-refractivity contribution is 5.79. The molecule has 2 rings (SSSR count). The van der Waals surface area contributed by atoms with Gasteiger partial charge in [0, 0.05) is 11.3 Å². The van der Waals surface area contributed by atoms with E-state index in [1.165, 1.54) is 24.3 Å². The molecule has 0 aromatic heterocycles. The number of aldehydes is 1. The number of anilines is 1. The second kappa shape index (κ2) is 5.74. The number of nitrogens with zero attached hydrogens (tertiary/aromatic N) is 1. The molecule has 1 heterocycles. The van der Waals surface area contributed by atoms with Crippen molar-refractivity contribution in [2.75, 3.05) is 31.1 Å². The van der Waals surface area contributed by atoms with Gasteiger partial charge >= 0.3 is 0 Å². The Morgan fingerprint density at radius 3 is 2.32 bits per heavy atom. The second-order valence-corrected chi connectivity index (χ2v) is 5.91. The molecule has 19 heavy (non-hydrogen) atoms. The lowest BCUT2D eigenvalue weighted by Crippen LogP contribution is -3.17. The molecule has 0 atom stereocenters. The summed E-state index contributed by atoms with van der Waals surface area (Å²) in [5.74, 6) is 0. The van der Waals surface area contributed by atoms with E-state index < -0.39 is 0 Å². The van der Waals surface area contributed by atoms with Crippen LogP contribution in [0, 0.1) is 13.8 Å². The number of nitrogens with one attached hydrogen (secondary N) is 1. The molecule has 1 saturated heterocycles. The maximum atomic E-state index is 11.0. The van der Waals surface area contributed by atoms with Gasteiger partial charge < -0.3 is 9.80 Å². The zero-order chi connectivity index (χ0) is 14.0. The van der Waals surface area contributed by atoms with Gasteiger partial charge in [-0.2, -0.15) is 0 Å². The molecule has 1 aliphatic rings. The van der Waals surface area contributed by atoms with Crippen molar-refractivity contribution in [2.45, 2.75) is 33.7 Å². The Morgan fingerprint density at radius 2 is 1.79 bits per heavy atom. The summed E-state index contributed by atoms with van der Waals surface area (Å²) in [7, 11) is 0. The molecule has 3 heteroatoms. The first-order valence-electron chi connectivity index (χ1n) is 7.19. The number of benzene rings is 1. The molecule has 1 fully saturated rings. The summed E-state index contributed by atoms with van der Waals surface area (Å²) in [6.07, 6.45) is 0.951. The van der Waals surface area contributed by atoms with Crippen molar-refractivity contribution in [3.63, 3.8) is 0 Å². The van der Waals surface area contributed by atoms with E-state index >= 15 is 0 Å². The van der Waals surface area contributed by atoms with E-state index in [0.717, 1.165) is 30.5 Å². The zero-order valence-corrected chi connectivity index (χ0v) is 12.5. The van der Waals surface area contributed by atoms with Crippen LogP contribution in [0.25, 0.3) is 0 Å². The minimum absolute atomic E-state index is 0.711. The van der Waals surface area contributed by atoms with Crippen LogP contribution >= 0.6 is 0 Å². The van der Waals surface area contributed by atoms with Crippen molar-refractivity contribution in [3.8, 4) is 0 Å². The first kappa shape index (κ1) is 14.1. The summed E-state index contributed by atoms with van der Waals surface area (Å²) in [5.41, 5.74) is 4.40. The molecule has 3 nitrogen and oxygen atoms in total. The van der Waals surface area contributed by atoms with Gasteiger partial charge in [-0.25, -0.2) is 0 Å². The van der Waals surface area contributed by atoms with E-state index in [2.05, 4.69) is 31.7 Å². The fraction of sp³-hybridized carbons (Fsp3) is 0.562. The van der Waals surface area contributed by atoms with Gasteiger partial charge in [-0.1, -0.05) is 0 Å². The SMILES string of the molecule is Cc1cc(N2CC[NH+](C(C)C)CC2)c(C)cc1C=O. The molecule has 0 radical (unpaired) electrons. The van der Waals surface area contributed by atoms with Crippen molar-refractivity contribution in [1.29, 1.82) is 0 Å². The Kier molecular flexibility index (Phi) is 4.25. The van der Waals surface area contributed by atoms with Crippen LogP contribution in [-0.4, -0.2) is 38.5 Å². The van der Waals surface area contributed by atoms with Gasteiger partial charge in [0.1, 0.15) is 6.29 Å². The molecule has 0 unspecified atom stereocenters. The van der Waals surface area contributed by atoms with E-state index in [9.17, 15) is 4.79 Å². The summed E-state index contributed by atoms with van der Waals surface area (Å²) in [6, 6.07) is 4.89. The largest absolute Gasteiger partial charge is 0.360 e. The summed E-state index contributed by atoms with van der Waals surface area (Å²) in [6.45, 7) is 13.3. The third kappa shape index (κ3) is 2.98. The molecule has 1 aliphatic heterocycles. The van der Waals surface area contributed by atoms with Crippen molar-refractivity contribution in [1.82, 2.24) is 0 Å². The van der Waals surface area contributed by atoms with Crippen LogP contribution in [-0.2, 0) is 0 Å². The summed E-state index contributed by atoms with van der Waals surface area (Å²) in [5, 5.41) is 0. The highest BCUT2D eigenvalue weighted by atomic mass is 16.1. The number of carbonyl (C=O) groups excluding carboxylic acids is 1. The number of rotatable bonds is 3. The van der Waals surface area contributed by atoms with Gasteiger partial charge in [0.25, 0.3) is 0 Å². The standard InChI is InChI=1S/C16H24N2O/c1-12(2)17-5-7-18(8-6-17)16-10-13(3)15(11-19)9-14(16)4/h9-12H,5-8H2,1-4H3/p+1. The summed E-state index contributed by atoms with van der Waals surface area (Å²) >= 11 is 0. The minimum Gasteiger partial charge on any atom is -0.360 e. The van der Waals surface area contributed by atoms with Crippen LogP contribution in [0.5, 0.6) is 0 Å². The molecule has 0 amide bonds. The van der Waals surface area contributed by atoms with Crippen LogP contribution in [0.3, 0.4) is 0 Å². The molecule has 0 bridgehead atoms. The molecular formula is C16H25N2O+. The maximum absolute atomic E-state index is 11.0. The Labute approximate surface area is 116 Å². The molecule has 1 aromatic rings. The number of aryl methyl sites for hydroxylation is 2. The molecule has 1 aromatic carbocycles. The summed E-state index contributed by atoms with van der Waals surface area (Å²) in [4.78, 5) is 15.1. The van der Waals surface area contributed by atoms with Crippen LogP contribution in [0.1, 0.15) is 35.3 Å². The van der Waals surface area contributed by atoms with Crippen LogP contribution < -0.4 is 9.80 Å². The third-order valence-electron chi connectivity index (χ3n) is 4.27. The number of hydrogen-bond acceptors (Lipinski definition) is 2. The van der Waals surface area contributed by atoms with Crippen LogP contribution in [0.15, 0.2) is 12.1 Å². The third-order valence-corrected chi connectivity index (χ3v) is 4.27. The average Bonchev–Trinajstić information content (AvgIpc) is 2.41. The quantitative estimate of drug-likeness (QED) is 0.828. The van der Waals surface area contributed by atoms with E-state index in [0.29, 0.717) is 6.04 Å². The molecule has 0 spiro atoms. The van der Waals surface area contributed by atoms with Crippen molar-refractivity contribution in [2.24, 2.45) is 0 Å². The Balaban J connectivity index is 2.16. The number of piperazine rings is 1. The van der Waals surface area contributed by atoms with E-state index in [4.69, 9.17) is 0 Å². The Morgan fingerprint density at radius 1 is 1.16 bits per heavy atom. The predicted octanol–water partition coefficient (Wildman–Crippen LogP) is 1.23. The first-order valence-corrected chi connectivity index (χ1v) is 7.19. The minimum atomic E-state index is 0.711. The van der Waals surface area contributed by atoms with Crippen molar-refractivity contribution >= 4 is 12.0 Å². The Bertz CT molecular complexity index is 460. The van der Waals surface area contributed by atoms with Crippen molar-refractivity contribution < 1.29 is 9.69 Å². The zero-order valence-electron chi connectivity index (χ0n) is 12.5. The smallest absolute Gasteiger partial charge is 0.150 e. The van der Waals surface area contributed by atoms with E-state index in [1.807, 2.05) is 13.0 Å². The van der Waals surface area contributed by atoms with Gasteiger partial charge in [0.05, 0.1) is 32.2 Å².